The molecule has 21 heavy (non-hydrogen) atoms. The lowest BCUT2D eigenvalue weighted by atomic mass is 10.2. The molecule has 0 heterocycles. The third kappa shape index (κ3) is 4.75. The lowest BCUT2D eigenvalue weighted by molar-refractivity contribution is -0.131. The summed E-state index contributed by atoms with van der Waals surface area (Å²) in [6, 6.07) is 13.2. The predicted molar refractivity (Wildman–Crippen MR) is 91.6 cm³/mol. The number of ether oxygens (including phenoxy) is 1. The summed E-state index contributed by atoms with van der Waals surface area (Å²) in [5.74, 6) is -0.534. The zero-order chi connectivity index (χ0) is 15.2. The number of para-hydroxylation sites is 1. The third-order valence-electron chi connectivity index (χ3n) is 2.70. The Morgan fingerprint density at radius 2 is 1.95 bits per heavy atom. The molecule has 0 bridgehead atoms. The fourth-order valence-electron chi connectivity index (χ4n) is 1.71. The van der Waals surface area contributed by atoms with E-state index < -0.39 is 5.97 Å². The monoisotopic (exact) mass is 414 g/mol. The van der Waals surface area contributed by atoms with Crippen LogP contribution in [0.15, 0.2) is 48.5 Å². The molecule has 0 amide bonds. The zero-order valence-electron chi connectivity index (χ0n) is 10.9. The second-order valence-electron chi connectivity index (χ2n) is 4.24. The average molecular weight is 415 g/mol. The number of carbonyl (C=O) groups is 1. The van der Waals surface area contributed by atoms with Gasteiger partial charge in [-0.3, -0.25) is 0 Å². The van der Waals surface area contributed by atoms with Crippen molar-refractivity contribution in [3.05, 3.63) is 68.3 Å². The summed E-state index contributed by atoms with van der Waals surface area (Å²) in [6.45, 7) is 0.370. The molecule has 0 aliphatic carbocycles. The molecule has 2 aromatic rings. The molecule has 1 N–H and O–H groups in total. The molecule has 5 heteroatoms. The largest absolute Gasteiger partial charge is 0.487 e. The highest BCUT2D eigenvalue weighted by Gasteiger charge is 2.07. The number of aliphatic carboxylic acids is 1. The van der Waals surface area contributed by atoms with Crippen LogP contribution in [0.1, 0.15) is 11.1 Å². The van der Waals surface area contributed by atoms with Crippen LogP contribution in [0, 0.1) is 3.57 Å². The van der Waals surface area contributed by atoms with Crippen molar-refractivity contribution in [2.24, 2.45) is 0 Å². The third-order valence-corrected chi connectivity index (χ3v) is 3.72. The molecule has 0 saturated carbocycles. The van der Waals surface area contributed by atoms with Gasteiger partial charge >= 0.3 is 5.97 Å². The topological polar surface area (TPSA) is 46.5 Å². The van der Waals surface area contributed by atoms with Crippen LogP contribution < -0.4 is 4.74 Å². The van der Waals surface area contributed by atoms with Gasteiger partial charge in [-0.15, -0.1) is 0 Å². The molecule has 0 unspecified atom stereocenters. The first-order valence-electron chi connectivity index (χ1n) is 6.13. The van der Waals surface area contributed by atoms with Crippen molar-refractivity contribution in [2.45, 2.75) is 6.61 Å². The maximum atomic E-state index is 10.6. The van der Waals surface area contributed by atoms with Crippen molar-refractivity contribution in [3.63, 3.8) is 0 Å². The fourth-order valence-corrected chi connectivity index (χ4v) is 2.30. The van der Waals surface area contributed by atoms with Gasteiger partial charge in [0.2, 0.25) is 0 Å². The minimum absolute atomic E-state index is 0.370. The molecule has 3 nitrogen and oxygen atoms in total. The van der Waals surface area contributed by atoms with E-state index in [1.165, 1.54) is 6.08 Å². The molecule has 0 atom stereocenters. The highest BCUT2D eigenvalue weighted by atomic mass is 127. The van der Waals surface area contributed by atoms with E-state index in [1.54, 1.807) is 18.2 Å². The van der Waals surface area contributed by atoms with E-state index in [0.717, 1.165) is 15.2 Å². The van der Waals surface area contributed by atoms with Gasteiger partial charge in [-0.25, -0.2) is 4.79 Å². The molecule has 0 aromatic heterocycles. The Hall–Kier alpha value is -1.53. The summed E-state index contributed by atoms with van der Waals surface area (Å²) in [7, 11) is 0. The van der Waals surface area contributed by atoms with Crippen molar-refractivity contribution >= 4 is 46.2 Å². The van der Waals surface area contributed by atoms with Gasteiger partial charge < -0.3 is 9.84 Å². The van der Waals surface area contributed by atoms with Crippen LogP contribution in [0.3, 0.4) is 0 Å². The Labute approximate surface area is 141 Å². The average Bonchev–Trinajstić information content (AvgIpc) is 2.46. The van der Waals surface area contributed by atoms with Gasteiger partial charge in [-0.2, -0.15) is 0 Å². The van der Waals surface area contributed by atoms with Crippen LogP contribution in [-0.2, 0) is 11.4 Å². The van der Waals surface area contributed by atoms with Crippen LogP contribution in [0.5, 0.6) is 5.75 Å². The highest BCUT2D eigenvalue weighted by Crippen LogP contribution is 2.30. The summed E-state index contributed by atoms with van der Waals surface area (Å²) in [5.41, 5.74) is 1.65. The highest BCUT2D eigenvalue weighted by molar-refractivity contribution is 14.1. The number of carboxylic acids is 1. The summed E-state index contributed by atoms with van der Waals surface area (Å²) in [6.07, 6.45) is 2.53. The van der Waals surface area contributed by atoms with E-state index in [-0.39, 0.29) is 0 Å². The number of hydrogen-bond donors (Lipinski definition) is 1. The Kier molecular flexibility index (Phi) is 5.64. The zero-order valence-corrected chi connectivity index (χ0v) is 13.8. The molecule has 0 aliphatic heterocycles. The normalized spacial score (nSPS) is 10.8. The van der Waals surface area contributed by atoms with E-state index in [4.69, 9.17) is 21.4 Å². The maximum Gasteiger partial charge on any atom is 0.328 e. The first-order chi connectivity index (χ1) is 10.1. The number of carboxylic acid groups (broad SMARTS) is 1. The van der Waals surface area contributed by atoms with Crippen molar-refractivity contribution in [1.29, 1.82) is 0 Å². The van der Waals surface area contributed by atoms with Crippen LogP contribution in [-0.4, -0.2) is 11.1 Å². The number of benzene rings is 2. The Morgan fingerprint density at radius 3 is 2.62 bits per heavy atom. The summed E-state index contributed by atoms with van der Waals surface area (Å²) in [4.78, 5) is 10.6. The standard InChI is InChI=1S/C16H12ClIO3/c17-14-3-1-2-12(6-9-15(19)20)16(14)21-10-11-4-7-13(18)8-5-11/h1-9H,10H2,(H,19,20)/b9-6+. The van der Waals surface area contributed by atoms with Crippen molar-refractivity contribution < 1.29 is 14.6 Å². The SMILES string of the molecule is O=C(O)/C=C/c1cccc(Cl)c1OCc1ccc(I)cc1. The summed E-state index contributed by atoms with van der Waals surface area (Å²) in [5, 5.41) is 9.16. The minimum atomic E-state index is -1.02. The van der Waals surface area contributed by atoms with Crippen molar-refractivity contribution in [1.82, 2.24) is 0 Å². The predicted octanol–water partition coefficient (Wildman–Crippen LogP) is 4.62. The molecule has 2 aromatic carbocycles. The van der Waals surface area contributed by atoms with Gasteiger partial charge in [0, 0.05) is 15.2 Å². The van der Waals surface area contributed by atoms with Crippen molar-refractivity contribution in [2.75, 3.05) is 0 Å². The van der Waals surface area contributed by atoms with Crippen LogP contribution >= 0.6 is 34.2 Å². The second kappa shape index (κ2) is 7.47. The van der Waals surface area contributed by atoms with Gasteiger partial charge in [0.15, 0.2) is 0 Å². The summed E-state index contributed by atoms with van der Waals surface area (Å²) >= 11 is 8.37. The molecule has 0 aliphatic rings. The Balaban J connectivity index is 2.18. The smallest absolute Gasteiger partial charge is 0.328 e. The number of rotatable bonds is 5. The van der Waals surface area contributed by atoms with Gasteiger partial charge in [-0.1, -0.05) is 35.9 Å². The number of halogens is 2. The molecular weight excluding hydrogens is 403 g/mol. The lowest BCUT2D eigenvalue weighted by Gasteiger charge is -2.11. The molecular formula is C16H12ClIO3. The lowest BCUT2D eigenvalue weighted by Crippen LogP contribution is -1.98. The maximum absolute atomic E-state index is 10.6. The van der Waals surface area contributed by atoms with E-state index in [2.05, 4.69) is 22.6 Å². The minimum Gasteiger partial charge on any atom is -0.487 e. The molecule has 0 saturated heterocycles. The van der Waals surface area contributed by atoms with E-state index in [1.807, 2.05) is 24.3 Å². The van der Waals surface area contributed by atoms with Gasteiger partial charge in [0.25, 0.3) is 0 Å². The van der Waals surface area contributed by atoms with Crippen LogP contribution in [0.4, 0.5) is 0 Å². The van der Waals surface area contributed by atoms with Gasteiger partial charge in [0.05, 0.1) is 5.02 Å². The van der Waals surface area contributed by atoms with Crippen molar-refractivity contribution in [3.8, 4) is 5.75 Å². The fraction of sp³-hybridized carbons (Fsp3) is 0.0625. The van der Waals surface area contributed by atoms with Crippen LogP contribution in [0.2, 0.25) is 5.02 Å². The molecule has 2 rings (SSSR count). The summed E-state index contributed by atoms with van der Waals surface area (Å²) < 4.78 is 6.90. The van der Waals surface area contributed by atoms with Gasteiger partial charge in [0.1, 0.15) is 12.4 Å². The molecule has 108 valence electrons. The van der Waals surface area contributed by atoms with E-state index >= 15 is 0 Å². The Morgan fingerprint density at radius 1 is 1.24 bits per heavy atom. The van der Waals surface area contributed by atoms with Gasteiger partial charge in [-0.05, 0) is 52.4 Å². The first kappa shape index (κ1) is 15.9. The molecule has 0 fully saturated rings. The quantitative estimate of drug-likeness (QED) is 0.573. The molecule has 0 radical (unpaired) electrons. The molecule has 0 spiro atoms. The van der Waals surface area contributed by atoms with Crippen LogP contribution in [0.25, 0.3) is 6.08 Å². The second-order valence-corrected chi connectivity index (χ2v) is 5.90. The van der Waals surface area contributed by atoms with E-state index in [0.29, 0.717) is 22.9 Å². The number of hydrogen-bond acceptors (Lipinski definition) is 2. The first-order valence-corrected chi connectivity index (χ1v) is 7.58. The Bertz CT molecular complexity index is 666. The van der Waals surface area contributed by atoms with E-state index in [9.17, 15) is 4.79 Å².